The number of fused-ring (bicyclic) bond motifs is 1. The summed E-state index contributed by atoms with van der Waals surface area (Å²) in [6.07, 6.45) is -0.445. The van der Waals surface area contributed by atoms with Crippen LogP contribution in [0.15, 0.2) is 42.5 Å². The fourth-order valence-corrected chi connectivity index (χ4v) is 2.57. The topological polar surface area (TPSA) is 84.9 Å². The van der Waals surface area contributed by atoms with E-state index in [4.69, 9.17) is 14.6 Å². The minimum atomic E-state index is -1.07. The van der Waals surface area contributed by atoms with Crippen LogP contribution >= 0.6 is 0 Å². The predicted octanol–water partition coefficient (Wildman–Crippen LogP) is 1.91. The number of carboxylic acid groups (broad SMARTS) is 1. The van der Waals surface area contributed by atoms with Crippen molar-refractivity contribution >= 4 is 11.9 Å². The lowest BCUT2D eigenvalue weighted by atomic mass is 10.1. The van der Waals surface area contributed by atoms with Crippen LogP contribution < -0.4 is 14.8 Å². The number of hydrogen-bond acceptors (Lipinski definition) is 4. The van der Waals surface area contributed by atoms with Crippen molar-refractivity contribution in [2.45, 2.75) is 19.1 Å². The van der Waals surface area contributed by atoms with Crippen molar-refractivity contribution in [3.8, 4) is 11.5 Å². The van der Waals surface area contributed by atoms with E-state index < -0.39 is 24.5 Å². The van der Waals surface area contributed by atoms with E-state index in [0.29, 0.717) is 17.7 Å². The lowest BCUT2D eigenvalue weighted by molar-refractivity contribution is -0.139. The molecule has 2 aromatic rings. The number of aliphatic carboxylic acids is 1. The van der Waals surface area contributed by atoms with Gasteiger partial charge in [-0.25, -0.2) is 9.18 Å². The largest absolute Gasteiger partial charge is 0.482 e. The summed E-state index contributed by atoms with van der Waals surface area (Å²) in [6, 6.07) is 11.4. The van der Waals surface area contributed by atoms with Gasteiger partial charge in [-0.1, -0.05) is 24.3 Å². The molecule has 1 heterocycles. The Hall–Kier alpha value is -3.09. The highest BCUT2D eigenvalue weighted by Crippen LogP contribution is 2.31. The summed E-state index contributed by atoms with van der Waals surface area (Å²) in [5, 5.41) is 11.3. The number of halogens is 1. The minimum absolute atomic E-state index is 0.131. The number of carbonyl (C=O) groups is 2. The second-order valence-electron chi connectivity index (χ2n) is 5.59. The quantitative estimate of drug-likeness (QED) is 0.835. The average Bonchev–Trinajstić information content (AvgIpc) is 3.04. The average molecular weight is 345 g/mol. The van der Waals surface area contributed by atoms with E-state index in [-0.39, 0.29) is 18.2 Å². The number of carboxylic acids is 1. The van der Waals surface area contributed by atoms with Gasteiger partial charge in [-0.05, 0) is 23.8 Å². The molecule has 0 aliphatic carbocycles. The summed E-state index contributed by atoms with van der Waals surface area (Å²) in [6.45, 7) is -0.211. The molecule has 1 unspecified atom stereocenters. The molecule has 2 aromatic carbocycles. The Labute approximate surface area is 143 Å². The van der Waals surface area contributed by atoms with Gasteiger partial charge in [-0.2, -0.15) is 0 Å². The van der Waals surface area contributed by atoms with E-state index in [2.05, 4.69) is 5.32 Å². The second-order valence-corrected chi connectivity index (χ2v) is 5.59. The number of ether oxygens (including phenoxy) is 2. The van der Waals surface area contributed by atoms with Crippen LogP contribution in [0.25, 0.3) is 0 Å². The van der Waals surface area contributed by atoms with Gasteiger partial charge < -0.3 is 19.9 Å². The first-order valence-electron chi connectivity index (χ1n) is 7.68. The van der Waals surface area contributed by atoms with Crippen LogP contribution in [0.5, 0.6) is 11.5 Å². The van der Waals surface area contributed by atoms with Crippen LogP contribution in [0.4, 0.5) is 4.39 Å². The smallest absolute Gasteiger partial charge is 0.341 e. The van der Waals surface area contributed by atoms with Crippen molar-refractivity contribution in [1.82, 2.24) is 5.32 Å². The number of benzene rings is 2. The molecule has 6 nitrogen and oxygen atoms in total. The second kappa shape index (κ2) is 7.21. The Kier molecular flexibility index (Phi) is 4.83. The molecule has 0 saturated carbocycles. The van der Waals surface area contributed by atoms with Gasteiger partial charge in [0.05, 0.1) is 0 Å². The third kappa shape index (κ3) is 4.06. The zero-order chi connectivity index (χ0) is 17.8. The predicted molar refractivity (Wildman–Crippen MR) is 85.9 cm³/mol. The van der Waals surface area contributed by atoms with Gasteiger partial charge >= 0.3 is 5.97 Å². The molecule has 1 amide bonds. The highest BCUT2D eigenvalue weighted by Gasteiger charge is 2.30. The molecule has 0 aromatic heterocycles. The molecule has 0 saturated heterocycles. The normalized spacial score (nSPS) is 15.2. The van der Waals surface area contributed by atoms with E-state index in [1.807, 2.05) is 0 Å². The zero-order valence-electron chi connectivity index (χ0n) is 13.2. The maximum atomic E-state index is 13.6. The molecular formula is C18H16FNO5. The van der Waals surface area contributed by atoms with Crippen molar-refractivity contribution < 1.29 is 28.6 Å². The monoisotopic (exact) mass is 345 g/mol. The summed E-state index contributed by atoms with van der Waals surface area (Å²) >= 11 is 0. The third-order valence-corrected chi connectivity index (χ3v) is 3.73. The van der Waals surface area contributed by atoms with Crippen LogP contribution in [0.1, 0.15) is 11.1 Å². The van der Waals surface area contributed by atoms with Gasteiger partial charge in [0.15, 0.2) is 24.3 Å². The van der Waals surface area contributed by atoms with Crippen molar-refractivity contribution in [3.63, 3.8) is 0 Å². The van der Waals surface area contributed by atoms with Crippen LogP contribution in [-0.4, -0.2) is 29.7 Å². The van der Waals surface area contributed by atoms with Gasteiger partial charge in [-0.15, -0.1) is 0 Å². The number of carbonyl (C=O) groups excluding carboxylic acids is 1. The fourth-order valence-electron chi connectivity index (χ4n) is 2.57. The molecule has 2 N–H and O–H groups in total. The van der Waals surface area contributed by atoms with E-state index >= 15 is 0 Å². The van der Waals surface area contributed by atoms with Crippen molar-refractivity contribution in [2.24, 2.45) is 0 Å². The first-order valence-corrected chi connectivity index (χ1v) is 7.68. The maximum absolute atomic E-state index is 13.6. The highest BCUT2D eigenvalue weighted by atomic mass is 19.1. The molecule has 1 aliphatic rings. The van der Waals surface area contributed by atoms with Gasteiger partial charge in [0, 0.05) is 18.5 Å². The number of rotatable bonds is 6. The first kappa shape index (κ1) is 16.8. The molecule has 0 fully saturated rings. The standard InChI is InChI=1S/C18H16FNO5/c19-14-6-2-4-12-8-15(25-17(12)14)18(23)20-9-11-3-1-5-13(7-11)24-10-16(21)22/h1-7,15H,8-10H2,(H,20,23)(H,21,22). The Bertz CT molecular complexity index is 808. The molecule has 0 radical (unpaired) electrons. The molecular weight excluding hydrogens is 329 g/mol. The van der Waals surface area contributed by atoms with Gasteiger partial charge in [-0.3, -0.25) is 4.79 Å². The Morgan fingerprint density at radius 1 is 1.28 bits per heavy atom. The van der Waals surface area contributed by atoms with E-state index in [1.54, 1.807) is 36.4 Å². The summed E-state index contributed by atoms with van der Waals surface area (Å²) in [4.78, 5) is 22.7. The lowest BCUT2D eigenvalue weighted by Crippen LogP contribution is -2.37. The summed E-state index contributed by atoms with van der Waals surface area (Å²) in [7, 11) is 0. The molecule has 0 spiro atoms. The molecule has 130 valence electrons. The van der Waals surface area contributed by atoms with Crippen molar-refractivity contribution in [1.29, 1.82) is 0 Å². The summed E-state index contributed by atoms with van der Waals surface area (Å²) in [5.41, 5.74) is 1.42. The number of amides is 1. The SMILES string of the molecule is O=C(O)COc1cccc(CNC(=O)C2Cc3cccc(F)c3O2)c1. The molecule has 1 atom stereocenters. The third-order valence-electron chi connectivity index (χ3n) is 3.73. The Morgan fingerprint density at radius 2 is 2.08 bits per heavy atom. The molecule has 0 bridgehead atoms. The number of para-hydroxylation sites is 1. The highest BCUT2D eigenvalue weighted by molar-refractivity contribution is 5.82. The molecule has 1 aliphatic heterocycles. The summed E-state index contributed by atoms with van der Waals surface area (Å²) < 4.78 is 24.1. The van der Waals surface area contributed by atoms with Crippen LogP contribution in [0.2, 0.25) is 0 Å². The summed E-state index contributed by atoms with van der Waals surface area (Å²) in [5.74, 6) is -1.35. The zero-order valence-corrected chi connectivity index (χ0v) is 13.2. The van der Waals surface area contributed by atoms with Crippen LogP contribution in [0.3, 0.4) is 0 Å². The fraction of sp³-hybridized carbons (Fsp3) is 0.222. The number of hydrogen-bond donors (Lipinski definition) is 2. The first-order chi connectivity index (χ1) is 12.0. The lowest BCUT2D eigenvalue weighted by Gasteiger charge is -2.12. The Morgan fingerprint density at radius 3 is 2.84 bits per heavy atom. The molecule has 7 heteroatoms. The van der Waals surface area contributed by atoms with Gasteiger partial charge in [0.1, 0.15) is 5.75 Å². The maximum Gasteiger partial charge on any atom is 0.341 e. The van der Waals surface area contributed by atoms with Gasteiger partial charge in [0.2, 0.25) is 0 Å². The van der Waals surface area contributed by atoms with Crippen LogP contribution in [0, 0.1) is 5.82 Å². The molecule has 25 heavy (non-hydrogen) atoms. The van der Waals surface area contributed by atoms with Crippen molar-refractivity contribution in [3.05, 3.63) is 59.4 Å². The minimum Gasteiger partial charge on any atom is -0.482 e. The van der Waals surface area contributed by atoms with E-state index in [0.717, 1.165) is 5.56 Å². The molecule has 3 rings (SSSR count). The van der Waals surface area contributed by atoms with Gasteiger partial charge in [0.25, 0.3) is 5.91 Å². The van der Waals surface area contributed by atoms with Crippen LogP contribution in [-0.2, 0) is 22.6 Å². The van der Waals surface area contributed by atoms with Crippen molar-refractivity contribution in [2.75, 3.05) is 6.61 Å². The van der Waals surface area contributed by atoms with E-state index in [1.165, 1.54) is 6.07 Å². The van der Waals surface area contributed by atoms with E-state index in [9.17, 15) is 14.0 Å². The number of nitrogens with one attached hydrogen (secondary N) is 1. The Balaban J connectivity index is 1.56.